The van der Waals surface area contributed by atoms with Crippen LogP contribution in [0.5, 0.6) is 0 Å². The number of benzene rings is 1. The molecule has 1 amide bonds. The van der Waals surface area contributed by atoms with Gasteiger partial charge in [0.2, 0.25) is 0 Å². The Kier molecular flexibility index (Phi) is 6.01. The van der Waals surface area contributed by atoms with Gasteiger partial charge in [0.25, 0.3) is 5.91 Å². The van der Waals surface area contributed by atoms with E-state index in [4.69, 9.17) is 13.9 Å². The van der Waals surface area contributed by atoms with Crippen LogP contribution in [0.1, 0.15) is 30.0 Å². The van der Waals surface area contributed by atoms with Crippen molar-refractivity contribution in [2.75, 3.05) is 26.3 Å². The summed E-state index contributed by atoms with van der Waals surface area (Å²) in [5, 5.41) is 12.9. The van der Waals surface area contributed by atoms with Crippen molar-refractivity contribution in [1.82, 2.24) is 10.2 Å². The van der Waals surface area contributed by atoms with Crippen LogP contribution >= 0.6 is 0 Å². The van der Waals surface area contributed by atoms with Crippen molar-refractivity contribution in [3.05, 3.63) is 47.7 Å². The van der Waals surface area contributed by atoms with Crippen LogP contribution in [-0.4, -0.2) is 66.6 Å². The highest BCUT2D eigenvalue weighted by Gasteiger charge is 2.47. The third-order valence-corrected chi connectivity index (χ3v) is 5.68. The zero-order chi connectivity index (χ0) is 20.4. The Balaban J connectivity index is 1.57. The lowest BCUT2D eigenvalue weighted by atomic mass is 10.1. The van der Waals surface area contributed by atoms with Crippen LogP contribution in [0, 0.1) is 0 Å². The summed E-state index contributed by atoms with van der Waals surface area (Å²) in [6, 6.07) is 11.2. The van der Waals surface area contributed by atoms with Crippen LogP contribution in [0.25, 0.3) is 11.3 Å². The Morgan fingerprint density at radius 1 is 1.14 bits per heavy atom. The number of ether oxygens (including phenoxy) is 2. The topological polar surface area (TPSA) is 84.2 Å². The lowest BCUT2D eigenvalue weighted by molar-refractivity contribution is 0.0178. The molecule has 4 rings (SSSR count). The number of nitrogens with one attached hydrogen (secondary N) is 1. The fourth-order valence-corrected chi connectivity index (χ4v) is 4.01. The van der Waals surface area contributed by atoms with E-state index in [0.717, 1.165) is 24.4 Å². The maximum Gasteiger partial charge on any atom is 0.255 e. The van der Waals surface area contributed by atoms with E-state index in [-0.39, 0.29) is 30.8 Å². The number of aliphatic hydroxyl groups is 1. The van der Waals surface area contributed by atoms with Crippen molar-refractivity contribution in [3.63, 3.8) is 0 Å². The largest absolute Gasteiger partial charge is 0.459 e. The summed E-state index contributed by atoms with van der Waals surface area (Å²) in [5.74, 6) is 1.09. The summed E-state index contributed by atoms with van der Waals surface area (Å²) in [4.78, 5) is 15.4. The molecular weight excluding hydrogens is 372 g/mol. The predicted octanol–water partition coefficient (Wildman–Crippen LogP) is 2.05. The van der Waals surface area contributed by atoms with E-state index in [9.17, 15) is 9.90 Å². The van der Waals surface area contributed by atoms with Crippen LogP contribution < -0.4 is 5.32 Å². The smallest absolute Gasteiger partial charge is 0.255 e. The Bertz CT molecular complexity index is 833. The molecule has 2 aliphatic heterocycles. The maximum atomic E-state index is 13.1. The molecule has 0 aliphatic carbocycles. The van der Waals surface area contributed by atoms with Gasteiger partial charge in [-0.15, -0.1) is 0 Å². The zero-order valence-corrected chi connectivity index (χ0v) is 16.8. The molecule has 2 N–H and O–H groups in total. The summed E-state index contributed by atoms with van der Waals surface area (Å²) in [7, 11) is 0. The van der Waals surface area contributed by atoms with Crippen LogP contribution in [0.4, 0.5) is 0 Å². The number of hydrogen-bond acceptors (Lipinski definition) is 6. The number of fused-ring (bicyclic) bond motifs is 1. The molecule has 0 unspecified atom stereocenters. The van der Waals surface area contributed by atoms with Gasteiger partial charge in [-0.2, -0.15) is 0 Å². The van der Waals surface area contributed by atoms with E-state index in [1.165, 1.54) is 0 Å². The van der Waals surface area contributed by atoms with Crippen LogP contribution in [0.3, 0.4) is 0 Å². The number of aliphatic hydroxyl groups excluding tert-OH is 1. The lowest BCUT2D eigenvalue weighted by Crippen LogP contribution is -2.44. The van der Waals surface area contributed by atoms with Gasteiger partial charge in [0.05, 0.1) is 31.4 Å². The third-order valence-electron chi connectivity index (χ3n) is 5.68. The minimum atomic E-state index is -0.642. The molecule has 2 aliphatic rings. The molecule has 4 atom stereocenters. The van der Waals surface area contributed by atoms with Crippen molar-refractivity contribution in [1.29, 1.82) is 0 Å². The molecule has 0 radical (unpaired) electrons. The number of carbonyl (C=O) groups is 1. The normalized spacial score (nSPS) is 26.1. The minimum Gasteiger partial charge on any atom is -0.459 e. The van der Waals surface area contributed by atoms with Gasteiger partial charge in [0.1, 0.15) is 29.8 Å². The summed E-state index contributed by atoms with van der Waals surface area (Å²) in [6.45, 7) is 7.21. The molecule has 29 heavy (non-hydrogen) atoms. The molecule has 1 aromatic carbocycles. The number of rotatable bonds is 7. The van der Waals surface area contributed by atoms with E-state index in [1.54, 1.807) is 0 Å². The molecular formula is C22H28N2O5. The molecule has 2 saturated heterocycles. The molecule has 7 nitrogen and oxygen atoms in total. The molecule has 2 fully saturated rings. The van der Waals surface area contributed by atoms with Crippen molar-refractivity contribution in [2.45, 2.75) is 44.7 Å². The Labute approximate surface area is 170 Å². The first kappa shape index (κ1) is 20.1. The highest BCUT2D eigenvalue weighted by molar-refractivity contribution is 6.00. The van der Waals surface area contributed by atoms with Crippen molar-refractivity contribution in [2.24, 2.45) is 0 Å². The van der Waals surface area contributed by atoms with Gasteiger partial charge in [-0.3, -0.25) is 9.69 Å². The molecule has 0 saturated carbocycles. The van der Waals surface area contributed by atoms with Crippen molar-refractivity contribution < 1.29 is 23.8 Å². The second-order valence-corrected chi connectivity index (χ2v) is 7.53. The standard InChI is InChI=1S/C22H28N2O5/c1-3-24(4-2)11-15-10-16(19(29-15)14-8-6-5-7-9-14)22(26)23-17-12-27-21-18(25)13-28-20(17)21/h5-10,17-18,20-21,25H,3-4,11-13H2,1-2H3,(H,23,26)/t17-,18-,20+,21+/m0/s1. The average molecular weight is 400 g/mol. The van der Waals surface area contributed by atoms with Crippen molar-refractivity contribution >= 4 is 5.91 Å². The van der Waals surface area contributed by atoms with E-state index >= 15 is 0 Å². The highest BCUT2D eigenvalue weighted by Crippen LogP contribution is 2.30. The lowest BCUT2D eigenvalue weighted by Gasteiger charge is -2.17. The van der Waals surface area contributed by atoms with E-state index in [2.05, 4.69) is 24.1 Å². The van der Waals surface area contributed by atoms with Gasteiger partial charge in [-0.25, -0.2) is 0 Å². The second kappa shape index (κ2) is 8.67. The second-order valence-electron chi connectivity index (χ2n) is 7.53. The van der Waals surface area contributed by atoms with Gasteiger partial charge < -0.3 is 24.3 Å². The molecule has 0 bridgehead atoms. The minimum absolute atomic E-state index is 0.224. The number of carbonyl (C=O) groups excluding carboxylic acids is 1. The van der Waals surface area contributed by atoms with Crippen LogP contribution in [0.15, 0.2) is 40.8 Å². The fraction of sp³-hybridized carbons (Fsp3) is 0.500. The quantitative estimate of drug-likeness (QED) is 0.740. The molecule has 2 aromatic rings. The van der Waals surface area contributed by atoms with Gasteiger partial charge >= 0.3 is 0 Å². The third kappa shape index (κ3) is 4.09. The van der Waals surface area contributed by atoms with E-state index < -0.39 is 6.10 Å². The Hall–Kier alpha value is -2.19. The first-order valence-electron chi connectivity index (χ1n) is 10.2. The monoisotopic (exact) mass is 400 g/mol. The number of amides is 1. The van der Waals surface area contributed by atoms with Gasteiger partial charge in [0.15, 0.2) is 0 Å². The first-order valence-corrected chi connectivity index (χ1v) is 10.2. The molecule has 7 heteroatoms. The maximum absolute atomic E-state index is 13.1. The predicted molar refractivity (Wildman–Crippen MR) is 108 cm³/mol. The molecule has 3 heterocycles. The Morgan fingerprint density at radius 2 is 1.86 bits per heavy atom. The fourth-order valence-electron chi connectivity index (χ4n) is 4.01. The van der Waals surface area contributed by atoms with Gasteiger partial charge in [-0.1, -0.05) is 44.2 Å². The Morgan fingerprint density at radius 3 is 2.59 bits per heavy atom. The van der Waals surface area contributed by atoms with Crippen molar-refractivity contribution in [3.8, 4) is 11.3 Å². The van der Waals surface area contributed by atoms with Crippen LogP contribution in [-0.2, 0) is 16.0 Å². The van der Waals surface area contributed by atoms with E-state index in [1.807, 2.05) is 36.4 Å². The molecule has 156 valence electrons. The average Bonchev–Trinajstić information content (AvgIpc) is 3.44. The number of hydrogen-bond donors (Lipinski definition) is 2. The summed E-state index contributed by atoms with van der Waals surface area (Å²) in [5.41, 5.74) is 1.36. The van der Waals surface area contributed by atoms with Gasteiger partial charge in [0, 0.05) is 5.56 Å². The summed E-state index contributed by atoms with van der Waals surface area (Å²) >= 11 is 0. The van der Waals surface area contributed by atoms with E-state index in [0.29, 0.717) is 24.5 Å². The number of nitrogens with zero attached hydrogens (tertiary/aromatic N) is 1. The zero-order valence-electron chi connectivity index (χ0n) is 16.8. The SMILES string of the molecule is CCN(CC)Cc1cc(C(=O)N[C@H]2CO[C@H]3[C@@H]2OC[C@@H]3O)c(-c2ccccc2)o1. The highest BCUT2D eigenvalue weighted by atomic mass is 16.6. The van der Waals surface area contributed by atoms with Gasteiger partial charge in [-0.05, 0) is 19.2 Å². The molecule has 1 aromatic heterocycles. The molecule has 0 spiro atoms. The summed E-state index contributed by atoms with van der Waals surface area (Å²) < 4.78 is 17.4. The number of furan rings is 1. The van der Waals surface area contributed by atoms with Crippen LogP contribution in [0.2, 0.25) is 0 Å². The summed E-state index contributed by atoms with van der Waals surface area (Å²) in [6.07, 6.45) is -1.34. The first-order chi connectivity index (χ1) is 14.1.